The van der Waals surface area contributed by atoms with Crippen molar-refractivity contribution >= 4 is 5.97 Å². The third-order valence-electron chi connectivity index (χ3n) is 4.65. The van der Waals surface area contributed by atoms with Crippen LogP contribution in [0.15, 0.2) is 0 Å². The van der Waals surface area contributed by atoms with Crippen molar-refractivity contribution in [3.63, 3.8) is 0 Å². The molecule has 0 heterocycles. The van der Waals surface area contributed by atoms with Crippen LogP contribution in [0.4, 0.5) is 0 Å². The molecule has 2 atom stereocenters. The Morgan fingerprint density at radius 2 is 1.20 bits per heavy atom. The second-order valence-electron chi connectivity index (χ2n) is 7.22. The number of carbonyl (C=O) groups is 1. The maximum absolute atomic E-state index is 11.3. The lowest BCUT2D eigenvalue weighted by Crippen LogP contribution is -2.25. The third-order valence-corrected chi connectivity index (χ3v) is 4.65. The fourth-order valence-electron chi connectivity index (χ4n) is 2.96. The van der Waals surface area contributed by atoms with E-state index in [-0.39, 0.29) is 5.97 Å². The zero-order valence-electron chi connectivity index (χ0n) is 16.7. The average molecular weight is 359 g/mol. The predicted molar refractivity (Wildman–Crippen MR) is 104 cm³/mol. The molecular weight excluding hydrogens is 316 g/mol. The van der Waals surface area contributed by atoms with Crippen LogP contribution in [-0.2, 0) is 9.53 Å². The summed E-state index contributed by atoms with van der Waals surface area (Å²) in [5, 5.41) is 20.0. The number of aliphatic hydroxyl groups is 2. The van der Waals surface area contributed by atoms with Gasteiger partial charge >= 0.3 is 5.97 Å². The van der Waals surface area contributed by atoms with Crippen LogP contribution < -0.4 is 0 Å². The van der Waals surface area contributed by atoms with E-state index < -0.39 is 12.2 Å². The highest BCUT2D eigenvalue weighted by Gasteiger charge is 2.15. The van der Waals surface area contributed by atoms with Crippen LogP contribution in [0.5, 0.6) is 0 Å². The molecule has 0 saturated heterocycles. The van der Waals surface area contributed by atoms with Gasteiger partial charge in [-0.1, -0.05) is 78.1 Å². The van der Waals surface area contributed by atoms with Gasteiger partial charge in [-0.05, 0) is 25.7 Å². The average Bonchev–Trinajstić information content (AvgIpc) is 2.61. The second kappa shape index (κ2) is 18.2. The number of hydrogen-bond acceptors (Lipinski definition) is 4. The number of hydrogen-bond donors (Lipinski definition) is 2. The SMILES string of the molecule is CCCCCCCC[C@@H](O)[C@@H](O)CCCCCCCC(=O)OCCC. The normalized spacial score (nSPS) is 13.6. The summed E-state index contributed by atoms with van der Waals surface area (Å²) in [5.74, 6) is -0.0879. The summed E-state index contributed by atoms with van der Waals surface area (Å²) in [6.07, 6.45) is 13.8. The molecule has 0 aliphatic rings. The molecular formula is C21H42O4. The van der Waals surface area contributed by atoms with Gasteiger partial charge in [-0.2, -0.15) is 0 Å². The van der Waals surface area contributed by atoms with Crippen LogP contribution >= 0.6 is 0 Å². The fourth-order valence-corrected chi connectivity index (χ4v) is 2.96. The van der Waals surface area contributed by atoms with Crippen molar-refractivity contribution < 1.29 is 19.7 Å². The van der Waals surface area contributed by atoms with Gasteiger partial charge in [0, 0.05) is 6.42 Å². The highest BCUT2D eigenvalue weighted by Crippen LogP contribution is 2.15. The van der Waals surface area contributed by atoms with E-state index in [1.807, 2.05) is 6.92 Å². The van der Waals surface area contributed by atoms with Gasteiger partial charge in [0.15, 0.2) is 0 Å². The number of aliphatic hydroxyl groups excluding tert-OH is 2. The van der Waals surface area contributed by atoms with Crippen LogP contribution in [0.25, 0.3) is 0 Å². The monoisotopic (exact) mass is 358 g/mol. The molecule has 25 heavy (non-hydrogen) atoms. The van der Waals surface area contributed by atoms with Crippen LogP contribution in [0.1, 0.15) is 110 Å². The minimum absolute atomic E-state index is 0.0879. The topological polar surface area (TPSA) is 66.8 Å². The molecule has 0 aliphatic carbocycles. The molecule has 0 spiro atoms. The summed E-state index contributed by atoms with van der Waals surface area (Å²) in [4.78, 5) is 11.3. The van der Waals surface area contributed by atoms with Gasteiger partial charge in [0.2, 0.25) is 0 Å². The molecule has 2 N–H and O–H groups in total. The summed E-state index contributed by atoms with van der Waals surface area (Å²) < 4.78 is 5.04. The van der Waals surface area contributed by atoms with Crippen LogP contribution in [0, 0.1) is 0 Å². The van der Waals surface area contributed by atoms with E-state index in [1.165, 1.54) is 25.7 Å². The number of rotatable bonds is 18. The van der Waals surface area contributed by atoms with E-state index in [0.717, 1.165) is 51.4 Å². The van der Waals surface area contributed by atoms with Crippen molar-refractivity contribution in [2.45, 2.75) is 122 Å². The first kappa shape index (κ1) is 24.4. The molecule has 0 aliphatic heterocycles. The van der Waals surface area contributed by atoms with Gasteiger partial charge in [-0.3, -0.25) is 4.79 Å². The van der Waals surface area contributed by atoms with E-state index in [0.29, 0.717) is 25.9 Å². The Hall–Kier alpha value is -0.610. The maximum Gasteiger partial charge on any atom is 0.305 e. The number of esters is 1. The minimum Gasteiger partial charge on any atom is -0.466 e. The molecule has 150 valence electrons. The van der Waals surface area contributed by atoms with Gasteiger partial charge in [0.25, 0.3) is 0 Å². The van der Waals surface area contributed by atoms with Gasteiger partial charge in [0.05, 0.1) is 18.8 Å². The number of carbonyl (C=O) groups excluding carboxylic acids is 1. The Labute approximate surface area is 155 Å². The zero-order valence-corrected chi connectivity index (χ0v) is 16.7. The lowest BCUT2D eigenvalue weighted by molar-refractivity contribution is -0.143. The lowest BCUT2D eigenvalue weighted by Gasteiger charge is -2.17. The molecule has 0 unspecified atom stereocenters. The molecule has 0 bridgehead atoms. The fraction of sp³-hybridized carbons (Fsp3) is 0.952. The Morgan fingerprint density at radius 1 is 0.720 bits per heavy atom. The van der Waals surface area contributed by atoms with Crippen molar-refractivity contribution in [1.29, 1.82) is 0 Å². The largest absolute Gasteiger partial charge is 0.466 e. The van der Waals surface area contributed by atoms with Gasteiger partial charge < -0.3 is 14.9 Å². The summed E-state index contributed by atoms with van der Waals surface area (Å²) in [6.45, 7) is 4.73. The van der Waals surface area contributed by atoms with Crippen LogP contribution in [-0.4, -0.2) is 35.0 Å². The number of ether oxygens (including phenoxy) is 1. The Bertz CT molecular complexity index is 294. The molecule has 0 saturated carbocycles. The first-order valence-electron chi connectivity index (χ1n) is 10.6. The maximum atomic E-state index is 11.3. The van der Waals surface area contributed by atoms with Crippen molar-refractivity contribution in [3.05, 3.63) is 0 Å². The summed E-state index contributed by atoms with van der Waals surface area (Å²) in [7, 11) is 0. The molecule has 0 aromatic carbocycles. The second-order valence-corrected chi connectivity index (χ2v) is 7.22. The van der Waals surface area contributed by atoms with E-state index in [4.69, 9.17) is 4.74 Å². The summed E-state index contributed by atoms with van der Waals surface area (Å²) in [6, 6.07) is 0. The lowest BCUT2D eigenvalue weighted by atomic mass is 9.99. The highest BCUT2D eigenvalue weighted by atomic mass is 16.5. The van der Waals surface area contributed by atoms with E-state index in [2.05, 4.69) is 6.92 Å². The van der Waals surface area contributed by atoms with E-state index in [1.54, 1.807) is 0 Å². The standard InChI is InChI=1S/C21H42O4/c1-3-5-6-7-9-12-15-19(22)20(23)16-13-10-8-11-14-17-21(24)25-18-4-2/h19-20,22-23H,3-18H2,1-2H3/t19-,20+/m1/s1. The van der Waals surface area contributed by atoms with Crippen molar-refractivity contribution in [3.8, 4) is 0 Å². The minimum atomic E-state index is -0.584. The molecule has 0 amide bonds. The highest BCUT2D eigenvalue weighted by molar-refractivity contribution is 5.69. The Balaban J connectivity index is 3.41. The van der Waals surface area contributed by atoms with E-state index >= 15 is 0 Å². The van der Waals surface area contributed by atoms with Crippen molar-refractivity contribution in [1.82, 2.24) is 0 Å². The molecule has 0 fully saturated rings. The Morgan fingerprint density at radius 3 is 1.72 bits per heavy atom. The van der Waals surface area contributed by atoms with Crippen molar-refractivity contribution in [2.24, 2.45) is 0 Å². The molecule has 0 rings (SSSR count). The quantitative estimate of drug-likeness (QED) is 0.263. The smallest absolute Gasteiger partial charge is 0.305 e. The molecule has 0 aromatic rings. The van der Waals surface area contributed by atoms with Gasteiger partial charge in [-0.15, -0.1) is 0 Å². The number of unbranched alkanes of at least 4 members (excludes halogenated alkanes) is 9. The van der Waals surface area contributed by atoms with Gasteiger partial charge in [0.1, 0.15) is 0 Å². The van der Waals surface area contributed by atoms with E-state index in [9.17, 15) is 15.0 Å². The Kier molecular flexibility index (Phi) is 17.7. The molecule has 0 aromatic heterocycles. The van der Waals surface area contributed by atoms with Crippen LogP contribution in [0.3, 0.4) is 0 Å². The zero-order chi connectivity index (χ0) is 18.8. The third kappa shape index (κ3) is 16.6. The van der Waals surface area contributed by atoms with Crippen LogP contribution in [0.2, 0.25) is 0 Å². The molecule has 4 heteroatoms. The molecule has 0 radical (unpaired) electrons. The summed E-state index contributed by atoms with van der Waals surface area (Å²) in [5.41, 5.74) is 0. The first-order chi connectivity index (χ1) is 12.1. The first-order valence-corrected chi connectivity index (χ1v) is 10.6. The summed E-state index contributed by atoms with van der Waals surface area (Å²) >= 11 is 0. The molecule has 4 nitrogen and oxygen atoms in total. The predicted octanol–water partition coefficient (Wildman–Crippen LogP) is 5.14. The van der Waals surface area contributed by atoms with Gasteiger partial charge in [-0.25, -0.2) is 0 Å². The van der Waals surface area contributed by atoms with Crippen molar-refractivity contribution in [2.75, 3.05) is 6.61 Å².